The predicted octanol–water partition coefficient (Wildman–Crippen LogP) is 5.18. The van der Waals surface area contributed by atoms with Crippen molar-refractivity contribution in [2.45, 2.75) is 18.7 Å². The first-order valence-electron chi connectivity index (χ1n) is 11.5. The third-order valence-corrected chi connectivity index (χ3v) is 6.68. The van der Waals surface area contributed by atoms with Crippen LogP contribution in [0, 0.1) is 6.92 Å². The van der Waals surface area contributed by atoms with Gasteiger partial charge in [0.05, 0.1) is 37.8 Å². The summed E-state index contributed by atoms with van der Waals surface area (Å²) in [7, 11) is 3.06. The van der Waals surface area contributed by atoms with Gasteiger partial charge in [-0.3, -0.25) is 9.59 Å². The fourth-order valence-electron chi connectivity index (χ4n) is 3.67. The maximum absolute atomic E-state index is 13.6. The second kappa shape index (κ2) is 11.2. The fraction of sp³-hybridized carbons (Fsp3) is 0.179. The molecule has 0 radical (unpaired) electrons. The number of esters is 1. The number of rotatable bonds is 9. The Balaban J connectivity index is 1.72. The maximum Gasteiger partial charge on any atom is 0.338 e. The first-order chi connectivity index (χ1) is 17.9. The molecule has 0 saturated carbocycles. The van der Waals surface area contributed by atoms with Crippen LogP contribution >= 0.6 is 11.8 Å². The van der Waals surface area contributed by atoms with Crippen molar-refractivity contribution in [3.8, 4) is 11.5 Å². The number of hydrogen-bond donors (Lipinski definition) is 1. The number of carbonyl (C=O) groups excluding carboxylic acids is 3. The molecule has 3 aromatic carbocycles. The van der Waals surface area contributed by atoms with E-state index in [1.54, 1.807) is 44.4 Å². The molecule has 190 valence electrons. The SMILES string of the molecule is CCOC(=O)c1ccc(N2C(=O)C(Nc3ccc(OC)cc3OC)=C(Sc3ccc(C)cc3)C2=O)cc1. The van der Waals surface area contributed by atoms with Gasteiger partial charge in [0.15, 0.2) is 0 Å². The van der Waals surface area contributed by atoms with E-state index in [0.29, 0.717) is 28.4 Å². The van der Waals surface area contributed by atoms with E-state index in [-0.39, 0.29) is 17.2 Å². The quantitative estimate of drug-likeness (QED) is 0.306. The van der Waals surface area contributed by atoms with Gasteiger partial charge in [-0.25, -0.2) is 9.69 Å². The zero-order valence-corrected chi connectivity index (χ0v) is 21.7. The van der Waals surface area contributed by atoms with Crippen LogP contribution in [0.15, 0.2) is 82.2 Å². The van der Waals surface area contributed by atoms with Crippen LogP contribution in [0.5, 0.6) is 11.5 Å². The topological polar surface area (TPSA) is 94.2 Å². The first kappa shape index (κ1) is 25.8. The number of nitrogens with zero attached hydrogens (tertiary/aromatic N) is 1. The zero-order chi connectivity index (χ0) is 26.5. The molecule has 2 amide bonds. The maximum atomic E-state index is 13.6. The number of imide groups is 1. The van der Waals surface area contributed by atoms with Crippen LogP contribution in [-0.2, 0) is 14.3 Å². The second-order valence-corrected chi connectivity index (χ2v) is 9.11. The lowest BCUT2D eigenvalue weighted by Crippen LogP contribution is -2.32. The molecule has 0 atom stereocenters. The summed E-state index contributed by atoms with van der Waals surface area (Å²) in [6, 6.07) is 18.9. The number of aryl methyl sites for hydroxylation is 1. The average Bonchev–Trinajstić information content (AvgIpc) is 3.14. The van der Waals surface area contributed by atoms with E-state index in [4.69, 9.17) is 14.2 Å². The summed E-state index contributed by atoms with van der Waals surface area (Å²) >= 11 is 1.20. The van der Waals surface area contributed by atoms with E-state index in [9.17, 15) is 14.4 Å². The molecule has 9 heteroatoms. The molecule has 4 rings (SSSR count). The van der Waals surface area contributed by atoms with Crippen molar-refractivity contribution in [3.63, 3.8) is 0 Å². The van der Waals surface area contributed by atoms with Crippen molar-refractivity contribution >= 4 is 40.9 Å². The molecule has 0 bridgehead atoms. The Hall–Kier alpha value is -4.24. The molecule has 0 fully saturated rings. The van der Waals surface area contributed by atoms with Gasteiger partial charge in [-0.05, 0) is 62.4 Å². The van der Waals surface area contributed by atoms with Crippen LogP contribution in [0.3, 0.4) is 0 Å². The molecule has 1 aliphatic rings. The Morgan fingerprint density at radius 2 is 1.62 bits per heavy atom. The summed E-state index contributed by atoms with van der Waals surface area (Å²) in [6.07, 6.45) is 0. The highest BCUT2D eigenvalue weighted by molar-refractivity contribution is 8.04. The molecular weight excluding hydrogens is 492 g/mol. The average molecular weight is 519 g/mol. The summed E-state index contributed by atoms with van der Waals surface area (Å²) in [5.74, 6) is -0.446. The minimum absolute atomic E-state index is 0.119. The number of hydrogen-bond acceptors (Lipinski definition) is 8. The molecule has 37 heavy (non-hydrogen) atoms. The molecule has 1 N–H and O–H groups in total. The van der Waals surface area contributed by atoms with E-state index in [1.807, 2.05) is 31.2 Å². The van der Waals surface area contributed by atoms with E-state index in [1.165, 1.54) is 31.0 Å². The van der Waals surface area contributed by atoms with Crippen LogP contribution in [0.2, 0.25) is 0 Å². The molecule has 1 heterocycles. The van der Waals surface area contributed by atoms with E-state index in [2.05, 4.69) is 5.32 Å². The number of thioether (sulfide) groups is 1. The van der Waals surface area contributed by atoms with E-state index < -0.39 is 17.8 Å². The van der Waals surface area contributed by atoms with Gasteiger partial charge >= 0.3 is 5.97 Å². The summed E-state index contributed by atoms with van der Waals surface area (Å²) in [5.41, 5.74) is 2.36. The Kier molecular flexibility index (Phi) is 7.83. The molecule has 0 aliphatic carbocycles. The number of methoxy groups -OCH3 is 2. The summed E-state index contributed by atoms with van der Waals surface area (Å²) in [5, 5.41) is 3.11. The van der Waals surface area contributed by atoms with E-state index in [0.717, 1.165) is 15.4 Å². The number of carbonyl (C=O) groups is 3. The lowest BCUT2D eigenvalue weighted by atomic mass is 10.2. The second-order valence-electron chi connectivity index (χ2n) is 8.02. The minimum Gasteiger partial charge on any atom is -0.497 e. The lowest BCUT2D eigenvalue weighted by molar-refractivity contribution is -0.120. The first-order valence-corrected chi connectivity index (χ1v) is 12.3. The van der Waals surface area contributed by atoms with Crippen molar-refractivity contribution in [2.24, 2.45) is 0 Å². The monoisotopic (exact) mass is 518 g/mol. The molecule has 0 saturated heterocycles. The van der Waals surface area contributed by atoms with Gasteiger partial charge in [0.1, 0.15) is 22.1 Å². The van der Waals surface area contributed by atoms with Crippen LogP contribution in [0.1, 0.15) is 22.8 Å². The van der Waals surface area contributed by atoms with Gasteiger partial charge in [0.25, 0.3) is 11.8 Å². The van der Waals surface area contributed by atoms with Gasteiger partial charge in [-0.2, -0.15) is 0 Å². The number of benzene rings is 3. The lowest BCUT2D eigenvalue weighted by Gasteiger charge is -2.16. The highest BCUT2D eigenvalue weighted by Crippen LogP contribution is 2.39. The van der Waals surface area contributed by atoms with E-state index >= 15 is 0 Å². The third kappa shape index (κ3) is 5.46. The highest BCUT2D eigenvalue weighted by atomic mass is 32.2. The third-order valence-electron chi connectivity index (χ3n) is 5.59. The summed E-state index contributed by atoms with van der Waals surface area (Å²) < 4.78 is 15.7. The van der Waals surface area contributed by atoms with Gasteiger partial charge in [-0.15, -0.1) is 0 Å². The Bertz CT molecular complexity index is 1370. The largest absolute Gasteiger partial charge is 0.497 e. The molecule has 3 aromatic rings. The summed E-state index contributed by atoms with van der Waals surface area (Å²) in [6.45, 7) is 3.94. The number of amides is 2. The van der Waals surface area contributed by atoms with Crippen LogP contribution in [0.4, 0.5) is 11.4 Å². The minimum atomic E-state index is -0.527. The molecule has 0 unspecified atom stereocenters. The number of ether oxygens (including phenoxy) is 3. The molecule has 0 spiro atoms. The molecular formula is C28H26N2O6S. The predicted molar refractivity (Wildman–Crippen MR) is 142 cm³/mol. The van der Waals surface area contributed by atoms with Gasteiger partial charge in [0, 0.05) is 11.0 Å². The standard InChI is InChI=1S/C28H26N2O6S/c1-5-36-28(33)18-8-10-19(11-9-18)30-26(31)24(29-22-15-12-20(34-3)16-23(22)35-4)25(27(30)32)37-21-13-6-17(2)7-14-21/h6-16,29H,5H2,1-4H3. The van der Waals surface area contributed by atoms with Crippen molar-refractivity contribution in [1.82, 2.24) is 0 Å². The molecule has 1 aliphatic heterocycles. The van der Waals surface area contributed by atoms with Crippen molar-refractivity contribution in [1.29, 1.82) is 0 Å². The smallest absolute Gasteiger partial charge is 0.338 e. The highest BCUT2D eigenvalue weighted by Gasteiger charge is 2.40. The van der Waals surface area contributed by atoms with Crippen molar-refractivity contribution in [3.05, 3.63) is 88.5 Å². The zero-order valence-electron chi connectivity index (χ0n) is 20.9. The Morgan fingerprint density at radius 1 is 0.919 bits per heavy atom. The van der Waals surface area contributed by atoms with Gasteiger partial charge < -0.3 is 19.5 Å². The Morgan fingerprint density at radius 3 is 2.24 bits per heavy atom. The molecule has 8 nitrogen and oxygen atoms in total. The van der Waals surface area contributed by atoms with Crippen LogP contribution in [-0.4, -0.2) is 38.6 Å². The van der Waals surface area contributed by atoms with Crippen molar-refractivity contribution < 1.29 is 28.6 Å². The molecule has 0 aromatic heterocycles. The summed E-state index contributed by atoms with van der Waals surface area (Å²) in [4.78, 5) is 41.4. The fourth-order valence-corrected chi connectivity index (χ4v) is 4.60. The number of nitrogens with one attached hydrogen (secondary N) is 1. The van der Waals surface area contributed by atoms with Crippen LogP contribution < -0.4 is 19.7 Å². The normalized spacial score (nSPS) is 13.1. The van der Waals surface area contributed by atoms with Crippen LogP contribution in [0.25, 0.3) is 0 Å². The van der Waals surface area contributed by atoms with Crippen molar-refractivity contribution in [2.75, 3.05) is 31.0 Å². The van der Waals surface area contributed by atoms with Gasteiger partial charge in [-0.1, -0.05) is 29.5 Å². The Labute approximate surface area is 219 Å². The number of anilines is 2. The van der Waals surface area contributed by atoms with Gasteiger partial charge in [0.2, 0.25) is 0 Å².